The summed E-state index contributed by atoms with van der Waals surface area (Å²) < 4.78 is 5.76. The molecule has 0 spiro atoms. The molecule has 0 bridgehead atoms. The van der Waals surface area contributed by atoms with Gasteiger partial charge in [-0.2, -0.15) is 4.98 Å². The number of aryl methyl sites for hydroxylation is 2. The van der Waals surface area contributed by atoms with Gasteiger partial charge in [-0.25, -0.2) is 4.79 Å². The average Bonchev–Trinajstić information content (AvgIpc) is 3.35. The number of carbonyl (C=O) groups is 1. The molecule has 0 saturated carbocycles. The van der Waals surface area contributed by atoms with Gasteiger partial charge in [-0.05, 0) is 55.7 Å². The normalized spacial score (nSPS) is 15.9. The third-order valence-corrected chi connectivity index (χ3v) is 6.47. The van der Waals surface area contributed by atoms with Crippen LogP contribution in [0.15, 0.2) is 83.0 Å². The minimum atomic E-state index is -0.442. The van der Waals surface area contributed by atoms with Crippen LogP contribution in [-0.2, 0) is 6.42 Å². The fraction of sp³-hybridized carbons (Fsp3) is 0.179. The Morgan fingerprint density at radius 1 is 1.03 bits per heavy atom. The van der Waals surface area contributed by atoms with Crippen molar-refractivity contribution in [1.82, 2.24) is 15.5 Å². The molecule has 0 radical (unpaired) electrons. The Bertz CT molecular complexity index is 1410. The van der Waals surface area contributed by atoms with Gasteiger partial charge in [0.1, 0.15) is 0 Å². The molecule has 2 heterocycles. The van der Waals surface area contributed by atoms with Gasteiger partial charge in [0, 0.05) is 16.3 Å². The molecule has 2 amide bonds. The van der Waals surface area contributed by atoms with Gasteiger partial charge in [0.25, 0.3) is 5.89 Å². The third-order valence-electron chi connectivity index (χ3n) is 6.24. The fourth-order valence-electron chi connectivity index (χ4n) is 4.30. The van der Waals surface area contributed by atoms with Gasteiger partial charge in [-0.1, -0.05) is 77.8 Å². The molecular weight excluding hydrogens is 460 g/mol. The molecule has 0 saturated heterocycles. The van der Waals surface area contributed by atoms with E-state index in [1.807, 2.05) is 62.4 Å². The second kappa shape index (κ2) is 9.39. The molecule has 1 unspecified atom stereocenters. The summed E-state index contributed by atoms with van der Waals surface area (Å²) in [5, 5.41) is 7.95. The number of allylic oxidation sites excluding steroid dienone is 1. The molecule has 7 heteroatoms. The SMILES string of the molecule is CCc1ccc(C2NC(=O)N(c3ccc(C)cc3)C(C)=C2c2nc(-c3cccc(Cl)c3)no2)cc1. The molecule has 0 aliphatic carbocycles. The van der Waals surface area contributed by atoms with Gasteiger partial charge in [0.15, 0.2) is 0 Å². The number of hydrogen-bond donors (Lipinski definition) is 1. The fourth-order valence-corrected chi connectivity index (χ4v) is 4.49. The Morgan fingerprint density at radius 3 is 2.46 bits per heavy atom. The highest BCUT2D eigenvalue weighted by molar-refractivity contribution is 6.30. The van der Waals surface area contributed by atoms with Gasteiger partial charge < -0.3 is 9.84 Å². The van der Waals surface area contributed by atoms with E-state index >= 15 is 0 Å². The van der Waals surface area contributed by atoms with E-state index in [9.17, 15) is 4.79 Å². The zero-order valence-corrected chi connectivity index (χ0v) is 20.5. The van der Waals surface area contributed by atoms with E-state index in [4.69, 9.17) is 21.1 Å². The molecule has 176 valence electrons. The van der Waals surface area contributed by atoms with Crippen molar-refractivity contribution >= 4 is 28.9 Å². The lowest BCUT2D eigenvalue weighted by molar-refractivity contribution is 0.244. The molecule has 0 fully saturated rings. The quantitative estimate of drug-likeness (QED) is 0.332. The molecule has 1 atom stereocenters. The summed E-state index contributed by atoms with van der Waals surface area (Å²) in [6, 6.07) is 22.7. The Kier molecular flexibility index (Phi) is 6.14. The topological polar surface area (TPSA) is 71.3 Å². The first-order valence-electron chi connectivity index (χ1n) is 11.5. The maximum atomic E-state index is 13.3. The molecule has 1 aromatic heterocycles. The van der Waals surface area contributed by atoms with Gasteiger partial charge in [0.05, 0.1) is 17.3 Å². The van der Waals surface area contributed by atoms with Crippen molar-refractivity contribution in [1.29, 1.82) is 0 Å². The maximum Gasteiger partial charge on any atom is 0.326 e. The minimum Gasteiger partial charge on any atom is -0.334 e. The van der Waals surface area contributed by atoms with Crippen LogP contribution in [0.1, 0.15) is 42.5 Å². The van der Waals surface area contributed by atoms with Crippen LogP contribution >= 0.6 is 11.6 Å². The number of anilines is 1. The summed E-state index contributed by atoms with van der Waals surface area (Å²) in [6.07, 6.45) is 0.937. The number of rotatable bonds is 5. The van der Waals surface area contributed by atoms with Crippen LogP contribution in [0.4, 0.5) is 10.5 Å². The summed E-state index contributed by atoms with van der Waals surface area (Å²) in [7, 11) is 0. The van der Waals surface area contributed by atoms with E-state index in [-0.39, 0.29) is 6.03 Å². The summed E-state index contributed by atoms with van der Waals surface area (Å²) in [6.45, 7) is 6.03. The van der Waals surface area contributed by atoms with E-state index < -0.39 is 6.04 Å². The Labute approximate surface area is 209 Å². The first-order valence-corrected chi connectivity index (χ1v) is 11.9. The van der Waals surface area contributed by atoms with Crippen molar-refractivity contribution in [2.24, 2.45) is 0 Å². The highest BCUT2D eigenvalue weighted by Gasteiger charge is 2.36. The first kappa shape index (κ1) is 22.9. The molecule has 3 aromatic carbocycles. The largest absolute Gasteiger partial charge is 0.334 e. The number of carbonyl (C=O) groups excluding carboxylic acids is 1. The summed E-state index contributed by atoms with van der Waals surface area (Å²) >= 11 is 6.17. The van der Waals surface area contributed by atoms with Crippen molar-refractivity contribution in [2.75, 3.05) is 4.90 Å². The zero-order chi connectivity index (χ0) is 24.5. The highest BCUT2D eigenvalue weighted by Crippen LogP contribution is 2.39. The molecule has 6 nitrogen and oxygen atoms in total. The molecule has 5 rings (SSSR count). The van der Waals surface area contributed by atoms with Crippen molar-refractivity contribution < 1.29 is 9.32 Å². The summed E-state index contributed by atoms with van der Waals surface area (Å²) in [5.41, 5.74) is 6.27. The van der Waals surface area contributed by atoms with E-state index in [0.29, 0.717) is 16.7 Å². The van der Waals surface area contributed by atoms with Gasteiger partial charge in [-0.3, -0.25) is 4.90 Å². The molecular formula is C28H25ClN4O2. The molecule has 4 aromatic rings. The van der Waals surface area contributed by atoms with E-state index in [1.54, 1.807) is 17.0 Å². The standard InChI is InChI=1S/C28H25ClN4O2/c1-4-19-10-12-20(13-11-19)25-24(27-31-26(32-35-27)21-6-5-7-22(29)16-21)18(3)33(28(34)30-25)23-14-8-17(2)9-15-23/h5-16,25H,4H2,1-3H3,(H,30,34). The molecule has 35 heavy (non-hydrogen) atoms. The van der Waals surface area contributed by atoms with Crippen LogP contribution in [0.3, 0.4) is 0 Å². The number of benzene rings is 3. The zero-order valence-electron chi connectivity index (χ0n) is 19.7. The number of nitrogens with one attached hydrogen (secondary N) is 1. The highest BCUT2D eigenvalue weighted by atomic mass is 35.5. The number of hydrogen-bond acceptors (Lipinski definition) is 4. The second-order valence-corrected chi connectivity index (χ2v) is 9.02. The molecule has 1 aliphatic heterocycles. The predicted octanol–water partition coefficient (Wildman–Crippen LogP) is 6.96. The minimum absolute atomic E-state index is 0.214. The lowest BCUT2D eigenvalue weighted by Crippen LogP contribution is -2.46. The molecule has 1 aliphatic rings. The maximum absolute atomic E-state index is 13.3. The average molecular weight is 485 g/mol. The van der Waals surface area contributed by atoms with Crippen LogP contribution in [0, 0.1) is 6.92 Å². The number of amides is 2. The lowest BCUT2D eigenvalue weighted by Gasteiger charge is -2.35. The van der Waals surface area contributed by atoms with Crippen LogP contribution < -0.4 is 10.2 Å². The number of nitrogens with zero attached hydrogens (tertiary/aromatic N) is 3. The van der Waals surface area contributed by atoms with Gasteiger partial charge >= 0.3 is 6.03 Å². The van der Waals surface area contributed by atoms with E-state index in [0.717, 1.165) is 40.1 Å². The lowest BCUT2D eigenvalue weighted by atomic mass is 9.93. The number of urea groups is 1. The monoisotopic (exact) mass is 484 g/mol. The van der Waals surface area contributed by atoms with Crippen molar-refractivity contribution in [2.45, 2.75) is 33.2 Å². The second-order valence-electron chi connectivity index (χ2n) is 8.58. The van der Waals surface area contributed by atoms with Crippen molar-refractivity contribution in [3.63, 3.8) is 0 Å². The van der Waals surface area contributed by atoms with Crippen molar-refractivity contribution in [3.05, 3.63) is 106 Å². The van der Waals surface area contributed by atoms with E-state index in [2.05, 4.69) is 29.5 Å². The van der Waals surface area contributed by atoms with Crippen LogP contribution in [0.5, 0.6) is 0 Å². The first-order chi connectivity index (χ1) is 16.9. The Morgan fingerprint density at radius 2 is 1.77 bits per heavy atom. The third kappa shape index (κ3) is 4.45. The Balaban J connectivity index is 1.64. The smallest absolute Gasteiger partial charge is 0.326 e. The summed E-state index contributed by atoms with van der Waals surface area (Å²) in [5.74, 6) is 0.779. The van der Waals surface area contributed by atoms with Crippen LogP contribution in [-0.4, -0.2) is 16.2 Å². The molecule has 1 N–H and O–H groups in total. The number of halogens is 1. The van der Waals surface area contributed by atoms with E-state index in [1.165, 1.54) is 5.56 Å². The van der Waals surface area contributed by atoms with Crippen molar-refractivity contribution in [3.8, 4) is 11.4 Å². The summed E-state index contributed by atoms with van der Waals surface area (Å²) in [4.78, 5) is 19.7. The van der Waals surface area contributed by atoms with Crippen LogP contribution in [0.25, 0.3) is 17.0 Å². The number of aromatic nitrogens is 2. The predicted molar refractivity (Wildman–Crippen MR) is 138 cm³/mol. The van der Waals surface area contributed by atoms with Gasteiger partial charge in [-0.15, -0.1) is 0 Å². The van der Waals surface area contributed by atoms with Crippen LogP contribution in [0.2, 0.25) is 5.02 Å². The van der Waals surface area contributed by atoms with Gasteiger partial charge in [0.2, 0.25) is 5.82 Å². The Hall–Kier alpha value is -3.90.